The number of rotatable bonds is 2. The van der Waals surface area contributed by atoms with Crippen LogP contribution in [0.4, 0.5) is 5.69 Å². The van der Waals surface area contributed by atoms with E-state index in [1.807, 2.05) is 6.07 Å². The number of aryl methyl sites for hydroxylation is 1. The van der Waals surface area contributed by atoms with E-state index < -0.39 is 0 Å². The molecule has 0 aliphatic rings. The van der Waals surface area contributed by atoms with Crippen molar-refractivity contribution in [3.63, 3.8) is 0 Å². The maximum Gasteiger partial charge on any atom is 0.274 e. The highest BCUT2D eigenvalue weighted by atomic mass is 16.1. The summed E-state index contributed by atoms with van der Waals surface area (Å²) in [7, 11) is 0. The van der Waals surface area contributed by atoms with Crippen LogP contribution in [-0.2, 0) is 0 Å². The lowest BCUT2D eigenvalue weighted by molar-refractivity contribution is 0.102. The third kappa shape index (κ3) is 2.68. The summed E-state index contributed by atoms with van der Waals surface area (Å²) in [6.07, 6.45) is 1.34. The van der Waals surface area contributed by atoms with Crippen molar-refractivity contribution in [2.75, 3.05) is 5.32 Å². The molecule has 0 saturated heterocycles. The van der Waals surface area contributed by atoms with E-state index in [2.05, 4.69) is 15.3 Å². The summed E-state index contributed by atoms with van der Waals surface area (Å²) in [5, 5.41) is 11.4. The van der Waals surface area contributed by atoms with Crippen LogP contribution in [0.3, 0.4) is 0 Å². The SMILES string of the molecule is Cc1cc(C(=O)Nc2cccc(C#N)c2)ncn1. The molecule has 88 valence electrons. The molecule has 5 nitrogen and oxygen atoms in total. The lowest BCUT2D eigenvalue weighted by atomic mass is 10.2. The standard InChI is InChI=1S/C13H10N4O/c1-9-5-12(16-8-15-9)13(18)17-11-4-2-3-10(6-11)7-14/h2-6,8H,1H3,(H,17,18). The Balaban J connectivity index is 2.19. The van der Waals surface area contributed by atoms with Gasteiger partial charge in [0.1, 0.15) is 12.0 Å². The van der Waals surface area contributed by atoms with Crippen LogP contribution >= 0.6 is 0 Å². The van der Waals surface area contributed by atoms with Crippen LogP contribution in [-0.4, -0.2) is 15.9 Å². The van der Waals surface area contributed by atoms with Gasteiger partial charge in [0.25, 0.3) is 5.91 Å². The van der Waals surface area contributed by atoms with Crippen molar-refractivity contribution in [2.24, 2.45) is 0 Å². The summed E-state index contributed by atoms with van der Waals surface area (Å²) in [6.45, 7) is 1.79. The molecule has 18 heavy (non-hydrogen) atoms. The van der Waals surface area contributed by atoms with Gasteiger partial charge < -0.3 is 5.32 Å². The quantitative estimate of drug-likeness (QED) is 0.866. The third-order valence-electron chi connectivity index (χ3n) is 2.29. The van der Waals surface area contributed by atoms with E-state index in [4.69, 9.17) is 5.26 Å². The highest BCUT2D eigenvalue weighted by Gasteiger charge is 2.08. The molecule has 2 aromatic rings. The highest BCUT2D eigenvalue weighted by Crippen LogP contribution is 2.11. The number of carbonyl (C=O) groups is 1. The first kappa shape index (κ1) is 11.7. The number of nitriles is 1. The van der Waals surface area contributed by atoms with Crippen molar-refractivity contribution in [1.82, 2.24) is 9.97 Å². The second kappa shape index (κ2) is 5.06. The first-order valence-corrected chi connectivity index (χ1v) is 5.29. The Morgan fingerprint density at radius 2 is 2.17 bits per heavy atom. The number of hydrogen-bond acceptors (Lipinski definition) is 4. The van der Waals surface area contributed by atoms with Crippen LogP contribution in [0.1, 0.15) is 21.7 Å². The van der Waals surface area contributed by atoms with Gasteiger partial charge in [-0.05, 0) is 31.2 Å². The van der Waals surface area contributed by atoms with Gasteiger partial charge in [-0.1, -0.05) is 6.07 Å². The van der Waals surface area contributed by atoms with Crippen molar-refractivity contribution in [3.8, 4) is 6.07 Å². The van der Waals surface area contributed by atoms with Crippen molar-refractivity contribution in [2.45, 2.75) is 6.92 Å². The molecule has 1 N–H and O–H groups in total. The normalized spacial score (nSPS) is 9.56. The first-order valence-electron chi connectivity index (χ1n) is 5.29. The number of anilines is 1. The van der Waals surface area contributed by atoms with Crippen molar-refractivity contribution < 1.29 is 4.79 Å². The van der Waals surface area contributed by atoms with E-state index in [9.17, 15) is 4.79 Å². The maximum atomic E-state index is 11.9. The van der Waals surface area contributed by atoms with Crippen LogP contribution in [0.2, 0.25) is 0 Å². The van der Waals surface area contributed by atoms with Crippen LogP contribution in [0.15, 0.2) is 36.7 Å². The van der Waals surface area contributed by atoms with E-state index in [1.165, 1.54) is 6.33 Å². The second-order valence-electron chi connectivity index (χ2n) is 3.69. The Kier molecular flexibility index (Phi) is 3.30. The van der Waals surface area contributed by atoms with E-state index in [0.717, 1.165) is 5.69 Å². The average Bonchev–Trinajstić information content (AvgIpc) is 2.39. The Hall–Kier alpha value is -2.74. The van der Waals surface area contributed by atoms with Crippen molar-refractivity contribution in [1.29, 1.82) is 5.26 Å². The summed E-state index contributed by atoms with van der Waals surface area (Å²) < 4.78 is 0. The summed E-state index contributed by atoms with van der Waals surface area (Å²) in [4.78, 5) is 19.7. The minimum absolute atomic E-state index is 0.296. The molecule has 0 saturated carbocycles. The molecule has 0 radical (unpaired) electrons. The van der Waals surface area contributed by atoms with Crippen LogP contribution in [0, 0.1) is 18.3 Å². The van der Waals surface area contributed by atoms with Crippen LogP contribution in [0.5, 0.6) is 0 Å². The lowest BCUT2D eigenvalue weighted by Crippen LogP contribution is -2.14. The van der Waals surface area contributed by atoms with Gasteiger partial charge in [-0.2, -0.15) is 5.26 Å². The largest absolute Gasteiger partial charge is 0.321 e. The Labute approximate surface area is 104 Å². The summed E-state index contributed by atoms with van der Waals surface area (Å²) in [6, 6.07) is 10.3. The molecule has 0 aliphatic carbocycles. The van der Waals surface area contributed by atoms with E-state index in [-0.39, 0.29) is 5.91 Å². The zero-order valence-electron chi connectivity index (χ0n) is 9.71. The zero-order valence-corrected chi connectivity index (χ0v) is 9.71. The van der Waals surface area contributed by atoms with E-state index in [0.29, 0.717) is 16.9 Å². The fourth-order valence-electron chi connectivity index (χ4n) is 1.44. The first-order chi connectivity index (χ1) is 8.69. The number of aromatic nitrogens is 2. The minimum atomic E-state index is -0.324. The molecule has 1 aromatic carbocycles. The molecular formula is C13H10N4O. The zero-order chi connectivity index (χ0) is 13.0. The molecule has 1 heterocycles. The van der Waals surface area contributed by atoms with Crippen molar-refractivity contribution in [3.05, 3.63) is 53.6 Å². The number of hydrogen-bond donors (Lipinski definition) is 1. The summed E-state index contributed by atoms with van der Waals surface area (Å²) in [5.41, 5.74) is 2.08. The molecule has 5 heteroatoms. The van der Waals surface area contributed by atoms with Gasteiger partial charge in [-0.15, -0.1) is 0 Å². The van der Waals surface area contributed by atoms with Gasteiger partial charge in [-0.3, -0.25) is 4.79 Å². The third-order valence-corrected chi connectivity index (χ3v) is 2.29. The van der Waals surface area contributed by atoms with Gasteiger partial charge in [0.15, 0.2) is 0 Å². The molecule has 0 unspecified atom stereocenters. The van der Waals surface area contributed by atoms with Crippen LogP contribution < -0.4 is 5.32 Å². The number of benzene rings is 1. The maximum absolute atomic E-state index is 11.9. The molecule has 0 atom stereocenters. The van der Waals surface area contributed by atoms with Gasteiger partial charge in [0.2, 0.25) is 0 Å². The number of nitrogens with zero attached hydrogens (tertiary/aromatic N) is 3. The molecule has 2 rings (SSSR count). The fourth-order valence-corrected chi connectivity index (χ4v) is 1.44. The number of nitrogens with one attached hydrogen (secondary N) is 1. The van der Waals surface area contributed by atoms with E-state index in [1.54, 1.807) is 37.3 Å². The van der Waals surface area contributed by atoms with Gasteiger partial charge in [0, 0.05) is 11.4 Å². The van der Waals surface area contributed by atoms with Gasteiger partial charge >= 0.3 is 0 Å². The summed E-state index contributed by atoms with van der Waals surface area (Å²) in [5.74, 6) is -0.324. The molecule has 0 spiro atoms. The molecule has 0 aliphatic heterocycles. The van der Waals surface area contributed by atoms with Crippen LogP contribution in [0.25, 0.3) is 0 Å². The number of carbonyl (C=O) groups excluding carboxylic acids is 1. The molecule has 1 amide bonds. The Morgan fingerprint density at radius 1 is 1.33 bits per heavy atom. The molecule has 0 bridgehead atoms. The molecule has 1 aromatic heterocycles. The van der Waals surface area contributed by atoms with Gasteiger partial charge in [0.05, 0.1) is 11.6 Å². The van der Waals surface area contributed by atoms with Crippen molar-refractivity contribution >= 4 is 11.6 Å². The average molecular weight is 238 g/mol. The predicted octanol–water partition coefficient (Wildman–Crippen LogP) is 1.91. The monoisotopic (exact) mass is 238 g/mol. The topological polar surface area (TPSA) is 78.7 Å². The summed E-state index contributed by atoms with van der Waals surface area (Å²) >= 11 is 0. The Bertz CT molecular complexity index is 631. The Morgan fingerprint density at radius 3 is 2.89 bits per heavy atom. The molecular weight excluding hydrogens is 228 g/mol. The second-order valence-corrected chi connectivity index (χ2v) is 3.69. The number of amides is 1. The lowest BCUT2D eigenvalue weighted by Gasteiger charge is -2.04. The fraction of sp³-hybridized carbons (Fsp3) is 0.0769. The smallest absolute Gasteiger partial charge is 0.274 e. The van der Waals surface area contributed by atoms with E-state index >= 15 is 0 Å². The predicted molar refractivity (Wildman–Crippen MR) is 65.9 cm³/mol. The van der Waals surface area contributed by atoms with Gasteiger partial charge in [-0.25, -0.2) is 9.97 Å². The highest BCUT2D eigenvalue weighted by molar-refractivity contribution is 6.02. The minimum Gasteiger partial charge on any atom is -0.321 e. The molecule has 0 fully saturated rings.